The fraction of sp³-hybridized carbons (Fsp3) is 0.381. The maximum Gasteiger partial charge on any atom is 0.323 e. The lowest BCUT2D eigenvalue weighted by atomic mass is 9.95. The number of phenolic OH excluding ortho intramolecular Hbond substituents is 1. The summed E-state index contributed by atoms with van der Waals surface area (Å²) in [7, 11) is -3.86. The normalized spacial score (nSPS) is 16.5. The van der Waals surface area contributed by atoms with E-state index in [-0.39, 0.29) is 37.1 Å². The Morgan fingerprint density at radius 2 is 1.84 bits per heavy atom. The molecule has 3 rings (SSSR count). The van der Waals surface area contributed by atoms with E-state index in [9.17, 15) is 18.3 Å². The Morgan fingerprint density at radius 1 is 1.09 bits per heavy atom. The second-order valence-electron chi connectivity index (χ2n) is 7.63. The van der Waals surface area contributed by atoms with Gasteiger partial charge in [0.15, 0.2) is 15.6 Å². The summed E-state index contributed by atoms with van der Waals surface area (Å²) >= 11 is 18.1. The van der Waals surface area contributed by atoms with Gasteiger partial charge >= 0.3 is 6.03 Å². The van der Waals surface area contributed by atoms with E-state index >= 15 is 0 Å². The standard InChI is InChI=1S/C21H24Cl3N3O4S/c22-14-6-1-7-16(18(14)24)26-21(29)27-17-9-8-15(23)20(19(17)28)32(30,31)11-3-5-13-4-2-10-25-12-13/h1,6-9,13,25,28H,2-5,10-12H2,(H2,26,27,29). The van der Waals surface area contributed by atoms with Crippen LogP contribution in [0.15, 0.2) is 35.2 Å². The summed E-state index contributed by atoms with van der Waals surface area (Å²) in [6.07, 6.45) is 3.38. The van der Waals surface area contributed by atoms with Crippen LogP contribution in [0.5, 0.6) is 5.75 Å². The highest BCUT2D eigenvalue weighted by Crippen LogP contribution is 2.38. The molecule has 1 saturated heterocycles. The van der Waals surface area contributed by atoms with E-state index in [0.717, 1.165) is 32.4 Å². The second kappa shape index (κ2) is 10.9. The Morgan fingerprint density at radius 3 is 2.56 bits per heavy atom. The molecule has 2 aromatic carbocycles. The van der Waals surface area contributed by atoms with Gasteiger partial charge < -0.3 is 21.1 Å². The van der Waals surface area contributed by atoms with Crippen molar-refractivity contribution in [3.8, 4) is 5.75 Å². The van der Waals surface area contributed by atoms with Gasteiger partial charge in [-0.3, -0.25) is 0 Å². The molecule has 4 N–H and O–H groups in total. The molecule has 1 aliphatic rings. The van der Waals surface area contributed by atoms with E-state index in [0.29, 0.717) is 12.3 Å². The van der Waals surface area contributed by atoms with Gasteiger partial charge in [-0.2, -0.15) is 0 Å². The third-order valence-electron chi connectivity index (χ3n) is 5.27. The maximum atomic E-state index is 12.9. The number of carbonyl (C=O) groups is 1. The van der Waals surface area contributed by atoms with Crippen LogP contribution < -0.4 is 16.0 Å². The number of sulfone groups is 1. The smallest absolute Gasteiger partial charge is 0.323 e. The van der Waals surface area contributed by atoms with E-state index in [4.69, 9.17) is 34.8 Å². The number of benzene rings is 2. The molecule has 1 unspecified atom stereocenters. The minimum atomic E-state index is -3.86. The van der Waals surface area contributed by atoms with E-state index in [2.05, 4.69) is 16.0 Å². The lowest BCUT2D eigenvalue weighted by molar-refractivity contribution is 0.262. The van der Waals surface area contributed by atoms with Crippen LogP contribution in [0.3, 0.4) is 0 Å². The highest BCUT2D eigenvalue weighted by Gasteiger charge is 2.26. The number of halogens is 3. The van der Waals surface area contributed by atoms with Crippen molar-refractivity contribution in [2.45, 2.75) is 30.6 Å². The highest BCUT2D eigenvalue weighted by molar-refractivity contribution is 7.91. The van der Waals surface area contributed by atoms with Gasteiger partial charge in [-0.1, -0.05) is 40.9 Å². The Hall–Kier alpha value is -1.71. The molecule has 174 valence electrons. The minimum Gasteiger partial charge on any atom is -0.504 e. The zero-order chi connectivity index (χ0) is 23.3. The van der Waals surface area contributed by atoms with Gasteiger partial charge in [-0.25, -0.2) is 13.2 Å². The quantitative estimate of drug-likeness (QED) is 0.358. The largest absolute Gasteiger partial charge is 0.504 e. The molecule has 0 aliphatic carbocycles. The molecule has 1 atom stereocenters. The molecule has 1 fully saturated rings. The van der Waals surface area contributed by atoms with Crippen molar-refractivity contribution in [2.75, 3.05) is 29.5 Å². The average Bonchev–Trinajstić information content (AvgIpc) is 2.74. The number of hydrogen-bond acceptors (Lipinski definition) is 5. The van der Waals surface area contributed by atoms with Gasteiger partial charge in [0, 0.05) is 0 Å². The number of anilines is 2. The van der Waals surface area contributed by atoms with Crippen molar-refractivity contribution in [2.24, 2.45) is 5.92 Å². The number of amides is 2. The zero-order valence-electron chi connectivity index (χ0n) is 17.1. The van der Waals surface area contributed by atoms with Crippen molar-refractivity contribution < 1.29 is 18.3 Å². The van der Waals surface area contributed by atoms with Gasteiger partial charge in [0.25, 0.3) is 0 Å². The van der Waals surface area contributed by atoms with Gasteiger partial charge in [0.2, 0.25) is 0 Å². The zero-order valence-corrected chi connectivity index (χ0v) is 20.2. The predicted octanol–water partition coefficient (Wildman–Crippen LogP) is 5.55. The van der Waals surface area contributed by atoms with Crippen LogP contribution in [0.4, 0.5) is 16.2 Å². The predicted molar refractivity (Wildman–Crippen MR) is 129 cm³/mol. The van der Waals surface area contributed by atoms with Crippen LogP contribution in [0, 0.1) is 5.92 Å². The molecule has 0 spiro atoms. The molecule has 0 saturated carbocycles. The average molecular weight is 521 g/mol. The summed E-state index contributed by atoms with van der Waals surface area (Å²) in [4.78, 5) is 12.0. The van der Waals surface area contributed by atoms with Gasteiger partial charge in [0.05, 0.1) is 32.2 Å². The third-order valence-corrected chi connectivity index (χ3v) is 8.37. The van der Waals surface area contributed by atoms with Crippen molar-refractivity contribution in [1.82, 2.24) is 5.32 Å². The summed E-state index contributed by atoms with van der Waals surface area (Å²) in [5, 5.41) is 19.1. The van der Waals surface area contributed by atoms with Crippen molar-refractivity contribution in [3.05, 3.63) is 45.4 Å². The lowest BCUT2D eigenvalue weighted by Gasteiger charge is -2.22. The number of rotatable bonds is 7. The second-order valence-corrected chi connectivity index (χ2v) is 10.9. The van der Waals surface area contributed by atoms with E-state index in [1.54, 1.807) is 18.2 Å². The molecule has 2 aromatic rings. The fourth-order valence-electron chi connectivity index (χ4n) is 3.65. The topological polar surface area (TPSA) is 108 Å². The van der Waals surface area contributed by atoms with Crippen LogP contribution >= 0.6 is 34.8 Å². The number of hydrogen-bond donors (Lipinski definition) is 4. The van der Waals surface area contributed by atoms with E-state index < -0.39 is 21.6 Å². The Bertz CT molecular complexity index is 1090. The monoisotopic (exact) mass is 519 g/mol. The molecular weight excluding hydrogens is 497 g/mol. The summed E-state index contributed by atoms with van der Waals surface area (Å²) < 4.78 is 25.8. The van der Waals surface area contributed by atoms with Gasteiger partial charge in [0.1, 0.15) is 4.90 Å². The van der Waals surface area contributed by atoms with Crippen LogP contribution in [0.2, 0.25) is 15.1 Å². The summed E-state index contributed by atoms with van der Waals surface area (Å²) in [6, 6.07) is 6.63. The Labute approximate surface area is 202 Å². The van der Waals surface area contributed by atoms with Crippen LogP contribution in [-0.2, 0) is 9.84 Å². The number of phenols is 1. The first-order valence-corrected chi connectivity index (χ1v) is 12.9. The van der Waals surface area contributed by atoms with E-state index in [1.165, 1.54) is 12.1 Å². The van der Waals surface area contributed by atoms with Crippen LogP contribution in [0.25, 0.3) is 0 Å². The molecule has 0 aromatic heterocycles. The molecule has 1 heterocycles. The molecule has 7 nitrogen and oxygen atoms in total. The molecule has 11 heteroatoms. The molecule has 0 radical (unpaired) electrons. The Balaban J connectivity index is 1.71. The number of nitrogens with one attached hydrogen (secondary N) is 3. The van der Waals surface area contributed by atoms with Crippen molar-refractivity contribution in [3.63, 3.8) is 0 Å². The van der Waals surface area contributed by atoms with Gasteiger partial charge in [-0.15, -0.1) is 0 Å². The number of urea groups is 1. The van der Waals surface area contributed by atoms with Gasteiger partial charge in [-0.05, 0) is 69.0 Å². The fourth-order valence-corrected chi connectivity index (χ4v) is 6.03. The number of carbonyl (C=O) groups excluding carboxylic acids is 1. The SMILES string of the molecule is O=C(Nc1ccc(Cl)c(S(=O)(=O)CCCC2CCCNC2)c1O)Nc1cccc(Cl)c1Cl. The highest BCUT2D eigenvalue weighted by atomic mass is 35.5. The van der Waals surface area contributed by atoms with Crippen molar-refractivity contribution in [1.29, 1.82) is 0 Å². The van der Waals surface area contributed by atoms with Crippen LogP contribution in [-0.4, -0.2) is 38.4 Å². The molecule has 32 heavy (non-hydrogen) atoms. The minimum absolute atomic E-state index is 0.0971. The summed E-state index contributed by atoms with van der Waals surface area (Å²) in [6.45, 7) is 1.88. The molecule has 0 bridgehead atoms. The molecule has 1 aliphatic heterocycles. The van der Waals surface area contributed by atoms with Crippen molar-refractivity contribution >= 4 is 62.0 Å². The summed E-state index contributed by atoms with van der Waals surface area (Å²) in [5.74, 6) is -0.313. The van der Waals surface area contributed by atoms with Crippen LogP contribution in [0.1, 0.15) is 25.7 Å². The molecule has 2 amide bonds. The molecular formula is C21H24Cl3N3O4S. The number of piperidine rings is 1. The lowest BCUT2D eigenvalue weighted by Crippen LogP contribution is -2.29. The first-order valence-electron chi connectivity index (χ1n) is 10.2. The first kappa shape index (κ1) is 24.9. The van der Waals surface area contributed by atoms with E-state index in [1.807, 2.05) is 0 Å². The Kier molecular flexibility index (Phi) is 8.52. The maximum absolute atomic E-state index is 12.9. The first-order chi connectivity index (χ1) is 15.2. The third kappa shape index (κ3) is 6.20. The summed E-state index contributed by atoms with van der Waals surface area (Å²) in [5.41, 5.74) is 0.162. The number of aromatic hydroxyl groups is 1.